The molecule has 4 rings (SSSR count). The van der Waals surface area contributed by atoms with Crippen LogP contribution in [0.3, 0.4) is 0 Å². The molecule has 2 amide bonds. The molecule has 0 aliphatic carbocycles. The smallest absolute Gasteiger partial charge is 0.425 e. The van der Waals surface area contributed by atoms with Gasteiger partial charge in [0.15, 0.2) is 34.8 Å². The van der Waals surface area contributed by atoms with Crippen LogP contribution in [0.15, 0.2) is 6.33 Å². The van der Waals surface area contributed by atoms with Gasteiger partial charge < -0.3 is 28.4 Å². The van der Waals surface area contributed by atoms with Crippen LogP contribution in [0.5, 0.6) is 0 Å². The molecule has 0 bridgehead atoms. The van der Waals surface area contributed by atoms with Crippen LogP contribution in [-0.2, 0) is 33.2 Å². The first-order valence-electron chi connectivity index (χ1n) is 13.5. The van der Waals surface area contributed by atoms with E-state index in [1.807, 2.05) is 6.07 Å². The van der Waals surface area contributed by atoms with Crippen LogP contribution in [0.2, 0.25) is 5.28 Å². The lowest BCUT2D eigenvalue weighted by Crippen LogP contribution is -2.44. The normalized spacial score (nSPS) is 23.8. The largest absolute Gasteiger partial charge is 0.443 e. The van der Waals surface area contributed by atoms with E-state index in [-0.39, 0.29) is 28.9 Å². The van der Waals surface area contributed by atoms with Crippen molar-refractivity contribution in [1.82, 2.24) is 19.5 Å². The quantitative estimate of drug-likeness (QED) is 0.421. The van der Waals surface area contributed by atoms with Gasteiger partial charge in [-0.15, -0.1) is 0 Å². The van der Waals surface area contributed by atoms with Crippen molar-refractivity contribution in [3.05, 3.63) is 11.6 Å². The summed E-state index contributed by atoms with van der Waals surface area (Å²) >= 11 is 6.32. The lowest BCUT2D eigenvalue weighted by molar-refractivity contribution is -0.202. The summed E-state index contributed by atoms with van der Waals surface area (Å²) in [6.45, 7) is 14.4. The molecule has 0 aromatic carbocycles. The number of imide groups is 1. The summed E-state index contributed by atoms with van der Waals surface area (Å²) in [7, 11) is 0. The number of fused-ring (bicyclic) bond motifs is 2. The van der Waals surface area contributed by atoms with Gasteiger partial charge in [-0.05, 0) is 73.9 Å². The van der Waals surface area contributed by atoms with Crippen LogP contribution in [0, 0.1) is 11.3 Å². The monoisotopic (exact) mass is 622 g/mol. The molecule has 43 heavy (non-hydrogen) atoms. The Morgan fingerprint density at radius 1 is 1.09 bits per heavy atom. The van der Waals surface area contributed by atoms with Crippen LogP contribution in [-0.4, -0.2) is 85.5 Å². The third-order valence-corrected chi connectivity index (χ3v) is 6.22. The number of hydrogen-bond donors (Lipinski definition) is 0. The number of nitriles is 1. The first-order valence-corrected chi connectivity index (χ1v) is 13.9. The van der Waals surface area contributed by atoms with E-state index in [9.17, 15) is 19.6 Å². The van der Waals surface area contributed by atoms with Crippen LogP contribution >= 0.6 is 11.6 Å². The molecule has 1 unspecified atom stereocenters. The zero-order valence-electron chi connectivity index (χ0n) is 25.4. The third-order valence-electron chi connectivity index (χ3n) is 6.05. The third kappa shape index (κ3) is 7.22. The van der Waals surface area contributed by atoms with Gasteiger partial charge in [-0.1, -0.05) is 0 Å². The highest BCUT2D eigenvalue weighted by molar-refractivity contribution is 6.29. The van der Waals surface area contributed by atoms with Crippen molar-refractivity contribution in [2.45, 2.75) is 110 Å². The summed E-state index contributed by atoms with van der Waals surface area (Å²) in [6, 6.07) is 1.81. The van der Waals surface area contributed by atoms with E-state index in [0.29, 0.717) is 4.90 Å². The Morgan fingerprint density at radius 3 is 2.21 bits per heavy atom. The Hall–Kier alpha value is -3.42. The van der Waals surface area contributed by atoms with Crippen molar-refractivity contribution in [2.24, 2.45) is 0 Å². The van der Waals surface area contributed by atoms with E-state index < -0.39 is 65.6 Å². The molecule has 5 atom stereocenters. The van der Waals surface area contributed by atoms with Crippen molar-refractivity contribution >= 4 is 46.6 Å². The number of rotatable bonds is 6. The van der Waals surface area contributed by atoms with Crippen molar-refractivity contribution in [3.8, 4) is 6.07 Å². The standard InChI is InChI=1S/C27H35ClN6O9/c1-13(35)14(10-29)38-11-15-17-18(41-27(8,9)40-17)21(39-15)33-12-30-16-19(33)31-22(28)32-20(16)34(23(36)42-25(2,3)4)24(37)43-26(5,6)7/h12,14-15,17-18,21H,11H2,1-9H3/t14?,15-,17-,18-,21-/m1/s1. The second-order valence-corrected chi connectivity index (χ2v) is 12.9. The fourth-order valence-electron chi connectivity index (χ4n) is 4.53. The topological polar surface area (TPSA) is 177 Å². The second-order valence-electron chi connectivity index (χ2n) is 12.5. The van der Waals surface area contributed by atoms with Gasteiger partial charge in [-0.3, -0.25) is 9.36 Å². The minimum atomic E-state index is -1.27. The van der Waals surface area contributed by atoms with Gasteiger partial charge in [-0.25, -0.2) is 14.6 Å². The van der Waals surface area contributed by atoms with Crippen molar-refractivity contribution < 1.29 is 42.8 Å². The zero-order chi connectivity index (χ0) is 32.1. The van der Waals surface area contributed by atoms with Gasteiger partial charge in [0.05, 0.1) is 12.9 Å². The number of ether oxygens (including phenoxy) is 6. The SMILES string of the molecule is CC(=O)C(C#N)OC[C@H]1O[C@@H](n2cnc3c(N(C(=O)OC(C)(C)C)C(=O)OC(C)(C)C)nc(Cl)nc32)[C@@H]2OC(C)(C)O[C@@H]21. The van der Waals surface area contributed by atoms with Crippen LogP contribution in [0.1, 0.15) is 68.5 Å². The maximum Gasteiger partial charge on any atom is 0.425 e. The molecule has 2 aromatic rings. The molecule has 2 saturated heterocycles. The molecule has 2 aromatic heterocycles. The molecular formula is C27H35ClN6O9. The number of carbonyl (C=O) groups excluding carboxylic acids is 3. The van der Waals surface area contributed by atoms with Gasteiger partial charge in [0.1, 0.15) is 35.6 Å². The number of nitrogens with zero attached hydrogens (tertiary/aromatic N) is 6. The number of ketones is 1. The van der Waals surface area contributed by atoms with E-state index >= 15 is 0 Å². The minimum absolute atomic E-state index is 0.0141. The van der Waals surface area contributed by atoms with E-state index in [2.05, 4.69) is 15.0 Å². The van der Waals surface area contributed by atoms with E-state index in [4.69, 9.17) is 40.0 Å². The molecule has 2 aliphatic rings. The lowest BCUT2D eigenvalue weighted by atomic mass is 10.1. The number of amides is 2. The summed E-state index contributed by atoms with van der Waals surface area (Å²) in [4.78, 5) is 51.8. The van der Waals surface area contributed by atoms with Gasteiger partial charge in [-0.2, -0.15) is 20.1 Å². The molecule has 0 N–H and O–H groups in total. The highest BCUT2D eigenvalue weighted by atomic mass is 35.5. The summed E-state index contributed by atoms with van der Waals surface area (Å²) in [6.07, 6.45) is -5.04. The number of anilines is 1. The molecule has 4 heterocycles. The summed E-state index contributed by atoms with van der Waals surface area (Å²) < 4.78 is 36.4. The van der Waals surface area contributed by atoms with Crippen molar-refractivity contribution in [1.29, 1.82) is 5.26 Å². The Labute approximate surface area is 253 Å². The Kier molecular flexibility index (Phi) is 8.75. The van der Waals surface area contributed by atoms with Crippen LogP contribution in [0.4, 0.5) is 15.4 Å². The molecule has 0 radical (unpaired) electrons. The Balaban J connectivity index is 1.76. The molecule has 16 heteroatoms. The highest BCUT2D eigenvalue weighted by Crippen LogP contribution is 2.44. The first kappa shape index (κ1) is 32.5. The van der Waals surface area contributed by atoms with Gasteiger partial charge in [0.25, 0.3) is 0 Å². The number of Topliss-reactive ketones (excluding diaryl/α,β-unsaturated/α-hetero) is 1. The van der Waals surface area contributed by atoms with Crippen LogP contribution < -0.4 is 4.90 Å². The van der Waals surface area contributed by atoms with E-state index in [0.717, 1.165) is 0 Å². The predicted octanol–water partition coefficient (Wildman–Crippen LogP) is 4.07. The fourth-order valence-corrected chi connectivity index (χ4v) is 4.69. The highest BCUT2D eigenvalue weighted by Gasteiger charge is 2.56. The molecule has 15 nitrogen and oxygen atoms in total. The van der Waals surface area contributed by atoms with Gasteiger partial charge >= 0.3 is 12.2 Å². The minimum Gasteiger partial charge on any atom is -0.443 e. The Bertz CT molecular complexity index is 1430. The van der Waals surface area contributed by atoms with Crippen LogP contribution in [0.25, 0.3) is 11.2 Å². The van der Waals surface area contributed by atoms with Gasteiger partial charge in [0, 0.05) is 0 Å². The molecule has 2 aliphatic heterocycles. The first-order chi connectivity index (χ1) is 19.8. The predicted molar refractivity (Wildman–Crippen MR) is 149 cm³/mol. The van der Waals surface area contributed by atoms with E-state index in [1.165, 1.54) is 17.8 Å². The summed E-state index contributed by atoms with van der Waals surface area (Å²) in [5.41, 5.74) is -1.81. The number of aromatic nitrogens is 4. The summed E-state index contributed by atoms with van der Waals surface area (Å²) in [5, 5.41) is 8.95. The summed E-state index contributed by atoms with van der Waals surface area (Å²) in [5.74, 6) is -1.71. The number of hydrogen-bond acceptors (Lipinski definition) is 13. The number of halogens is 1. The molecule has 0 spiro atoms. The fraction of sp³-hybridized carbons (Fsp3) is 0.667. The molecule has 234 valence electrons. The lowest BCUT2D eigenvalue weighted by Gasteiger charge is -2.28. The molecular weight excluding hydrogens is 588 g/mol. The van der Waals surface area contributed by atoms with Crippen molar-refractivity contribution in [3.63, 3.8) is 0 Å². The van der Waals surface area contributed by atoms with Gasteiger partial charge in [0.2, 0.25) is 11.4 Å². The number of imidazole rings is 1. The molecule has 2 fully saturated rings. The Morgan fingerprint density at radius 2 is 1.67 bits per heavy atom. The zero-order valence-corrected chi connectivity index (χ0v) is 26.2. The maximum absolute atomic E-state index is 13.3. The molecule has 0 saturated carbocycles. The average Bonchev–Trinajstić information content (AvgIpc) is 3.48. The second kappa shape index (κ2) is 11.6. The number of carbonyl (C=O) groups is 3. The van der Waals surface area contributed by atoms with Crippen molar-refractivity contribution in [2.75, 3.05) is 11.5 Å². The average molecular weight is 623 g/mol. The van der Waals surface area contributed by atoms with E-state index in [1.54, 1.807) is 55.4 Å². The maximum atomic E-state index is 13.3.